The van der Waals surface area contributed by atoms with E-state index in [1.165, 1.54) is 146 Å². The van der Waals surface area contributed by atoms with Crippen molar-refractivity contribution in [3.63, 3.8) is 0 Å². The third-order valence-corrected chi connectivity index (χ3v) is 13.8. The molecule has 1 aliphatic carbocycles. The van der Waals surface area contributed by atoms with Crippen molar-refractivity contribution < 1.29 is 0 Å². The maximum Gasteiger partial charge on any atom is 0.0465 e. The number of allylic oxidation sites excluding steroid dienone is 2. The van der Waals surface area contributed by atoms with E-state index in [0.717, 1.165) is 6.42 Å². The highest BCUT2D eigenvalue weighted by Crippen LogP contribution is 2.56. The first-order valence-corrected chi connectivity index (χ1v) is 24.1. The van der Waals surface area contributed by atoms with Crippen LogP contribution in [0, 0.1) is 0 Å². The molecule has 1 aliphatic rings. The maximum absolute atomic E-state index is 2.61. The minimum atomic E-state index is -0.0212. The van der Waals surface area contributed by atoms with Gasteiger partial charge in [-0.15, -0.1) is 0 Å². The predicted molar refractivity (Wildman–Crippen MR) is 266 cm³/mol. The molecule has 0 heterocycles. The van der Waals surface area contributed by atoms with Crippen molar-refractivity contribution in [2.75, 3.05) is 4.90 Å². The Balaban J connectivity index is 1.23. The highest BCUT2D eigenvalue weighted by Gasteiger charge is 2.43. The summed E-state index contributed by atoms with van der Waals surface area (Å²) in [6.07, 6.45) is 23.1. The van der Waals surface area contributed by atoms with Crippen LogP contribution in [0.2, 0.25) is 0 Å². The van der Waals surface area contributed by atoms with Crippen molar-refractivity contribution in [1.29, 1.82) is 0 Å². The van der Waals surface area contributed by atoms with Crippen molar-refractivity contribution in [1.82, 2.24) is 0 Å². The van der Waals surface area contributed by atoms with E-state index >= 15 is 0 Å². The molecule has 2 atom stereocenters. The molecule has 0 radical (unpaired) electrons. The van der Waals surface area contributed by atoms with E-state index in [1.54, 1.807) is 5.56 Å². The summed E-state index contributed by atoms with van der Waals surface area (Å²) in [5.74, 6) is 1.16. The third-order valence-electron chi connectivity index (χ3n) is 13.8. The third kappa shape index (κ3) is 10.5. The van der Waals surface area contributed by atoms with Crippen LogP contribution in [0.25, 0.3) is 22.3 Å². The van der Waals surface area contributed by atoms with Crippen LogP contribution in [0.4, 0.5) is 17.1 Å². The summed E-state index contributed by atoms with van der Waals surface area (Å²) >= 11 is 0. The minimum Gasteiger partial charge on any atom is -0.310 e. The van der Waals surface area contributed by atoms with Crippen molar-refractivity contribution in [3.05, 3.63) is 186 Å². The molecule has 1 heteroatoms. The topological polar surface area (TPSA) is 3.24 Å². The van der Waals surface area contributed by atoms with Crippen molar-refractivity contribution >= 4 is 17.1 Å². The molecule has 2 unspecified atom stereocenters. The summed E-state index contributed by atoms with van der Waals surface area (Å²) < 4.78 is 0. The normalized spacial score (nSPS) is 13.8. The Kier molecular flexibility index (Phi) is 15.9. The molecular formula is C60H71N. The molecule has 0 fully saturated rings. The zero-order valence-electron chi connectivity index (χ0n) is 37.8. The highest BCUT2D eigenvalue weighted by atomic mass is 15.1. The van der Waals surface area contributed by atoms with Crippen LogP contribution >= 0.6 is 0 Å². The molecule has 6 aromatic rings. The van der Waals surface area contributed by atoms with Gasteiger partial charge in [0.15, 0.2) is 0 Å². The Morgan fingerprint density at radius 3 is 1.57 bits per heavy atom. The standard InChI is InChI=1S/C60H71N/c1-5-9-12-24-43-60(44-25-13-10-6-2)58-45-52(51-37-35-50(36-38-51)47(8-4)33-34-49(26-17-11-7-3)48-27-18-14-19-28-48)39-41-56(58)57-42-40-55(46-59(57)60)61(53-29-20-15-21-30-53)54-31-22-16-23-32-54/h7,11,14-16,18-23,27-32,35-42,45-47,49H,5-6,8-10,12-13,17,24-26,33-34,43-44H2,1-4H3/b11-7+. The van der Waals surface area contributed by atoms with E-state index in [0.29, 0.717) is 11.8 Å². The largest absolute Gasteiger partial charge is 0.310 e. The fraction of sp³-hybridized carbons (Fsp3) is 0.367. The van der Waals surface area contributed by atoms with Crippen LogP contribution < -0.4 is 4.90 Å². The molecular weight excluding hydrogens is 735 g/mol. The summed E-state index contributed by atoms with van der Waals surface area (Å²) in [6, 6.07) is 57.7. The Bertz CT molecular complexity index is 2180. The van der Waals surface area contributed by atoms with Crippen LogP contribution in [-0.4, -0.2) is 0 Å². The van der Waals surface area contributed by atoms with Gasteiger partial charge in [0.1, 0.15) is 0 Å². The molecule has 1 nitrogen and oxygen atoms in total. The zero-order valence-corrected chi connectivity index (χ0v) is 37.8. The molecule has 0 amide bonds. The molecule has 0 aromatic heterocycles. The number of benzene rings is 6. The number of rotatable bonds is 23. The van der Waals surface area contributed by atoms with Gasteiger partial charge in [-0.25, -0.2) is 0 Å². The van der Waals surface area contributed by atoms with E-state index < -0.39 is 0 Å². The highest BCUT2D eigenvalue weighted by molar-refractivity contribution is 5.87. The van der Waals surface area contributed by atoms with Crippen LogP contribution in [-0.2, 0) is 5.41 Å². The molecule has 0 aliphatic heterocycles. The van der Waals surface area contributed by atoms with Crippen LogP contribution in [0.5, 0.6) is 0 Å². The second-order valence-corrected chi connectivity index (χ2v) is 17.8. The minimum absolute atomic E-state index is 0.0212. The molecule has 7 rings (SSSR count). The number of nitrogens with zero attached hydrogens (tertiary/aromatic N) is 1. The average Bonchev–Trinajstić information content (AvgIpc) is 3.58. The fourth-order valence-corrected chi connectivity index (χ4v) is 10.4. The van der Waals surface area contributed by atoms with Gasteiger partial charge < -0.3 is 4.90 Å². The van der Waals surface area contributed by atoms with E-state index in [-0.39, 0.29) is 5.41 Å². The molecule has 0 saturated carbocycles. The van der Waals surface area contributed by atoms with Crippen LogP contribution in [0.15, 0.2) is 164 Å². The number of hydrogen-bond acceptors (Lipinski definition) is 1. The Morgan fingerprint density at radius 1 is 0.475 bits per heavy atom. The molecule has 316 valence electrons. The predicted octanol–water partition coefficient (Wildman–Crippen LogP) is 18.4. The monoisotopic (exact) mass is 806 g/mol. The van der Waals surface area contributed by atoms with Gasteiger partial charge in [-0.3, -0.25) is 0 Å². The lowest BCUT2D eigenvalue weighted by molar-refractivity contribution is 0.401. The Labute approximate surface area is 370 Å². The maximum atomic E-state index is 2.61. The van der Waals surface area contributed by atoms with Gasteiger partial charge in [-0.1, -0.05) is 193 Å². The van der Waals surface area contributed by atoms with Crippen molar-refractivity contribution in [2.24, 2.45) is 0 Å². The first kappa shape index (κ1) is 43.9. The number of para-hydroxylation sites is 2. The van der Waals surface area contributed by atoms with E-state index in [9.17, 15) is 0 Å². The zero-order chi connectivity index (χ0) is 42.3. The molecule has 0 saturated heterocycles. The molecule has 61 heavy (non-hydrogen) atoms. The summed E-state index contributed by atoms with van der Waals surface area (Å²) in [5.41, 5.74) is 15.2. The van der Waals surface area contributed by atoms with E-state index in [1.807, 2.05) is 0 Å². The smallest absolute Gasteiger partial charge is 0.0465 e. The molecule has 0 bridgehead atoms. The summed E-state index contributed by atoms with van der Waals surface area (Å²) in [7, 11) is 0. The Morgan fingerprint density at radius 2 is 1.00 bits per heavy atom. The summed E-state index contributed by atoms with van der Waals surface area (Å²) in [4.78, 5) is 2.45. The lowest BCUT2D eigenvalue weighted by atomic mass is 9.70. The van der Waals surface area contributed by atoms with E-state index in [2.05, 4.69) is 196 Å². The molecule has 6 aromatic carbocycles. The van der Waals surface area contributed by atoms with Gasteiger partial charge in [0.05, 0.1) is 0 Å². The van der Waals surface area contributed by atoms with Gasteiger partial charge >= 0.3 is 0 Å². The van der Waals surface area contributed by atoms with Gasteiger partial charge in [-0.05, 0) is 151 Å². The summed E-state index contributed by atoms with van der Waals surface area (Å²) in [5, 5.41) is 0. The van der Waals surface area contributed by atoms with Crippen LogP contribution in [0.1, 0.15) is 158 Å². The fourth-order valence-electron chi connectivity index (χ4n) is 10.4. The first-order chi connectivity index (χ1) is 30.1. The van der Waals surface area contributed by atoms with Gasteiger partial charge in [0, 0.05) is 22.5 Å². The second kappa shape index (κ2) is 22.1. The van der Waals surface area contributed by atoms with Gasteiger partial charge in [-0.2, -0.15) is 0 Å². The number of hydrogen-bond donors (Lipinski definition) is 0. The molecule has 0 spiro atoms. The lowest BCUT2D eigenvalue weighted by Gasteiger charge is -2.34. The Hall–Kier alpha value is -5.14. The van der Waals surface area contributed by atoms with E-state index in [4.69, 9.17) is 0 Å². The average molecular weight is 806 g/mol. The van der Waals surface area contributed by atoms with Gasteiger partial charge in [0.25, 0.3) is 0 Å². The van der Waals surface area contributed by atoms with Crippen molar-refractivity contribution in [3.8, 4) is 22.3 Å². The SMILES string of the molecule is C/C=C/CCC(CCC(CC)c1ccc(-c2ccc3c(c2)C(CCCCCC)(CCCCCC)c2cc(N(c4ccccc4)c4ccccc4)ccc2-3)cc1)c1ccccc1. The van der Waals surface area contributed by atoms with Crippen LogP contribution in [0.3, 0.4) is 0 Å². The van der Waals surface area contributed by atoms with Gasteiger partial charge in [0.2, 0.25) is 0 Å². The first-order valence-electron chi connectivity index (χ1n) is 24.1. The lowest BCUT2D eigenvalue weighted by Crippen LogP contribution is -2.26. The summed E-state index contributed by atoms with van der Waals surface area (Å²) in [6.45, 7) is 9.18. The molecule has 0 N–H and O–H groups in total. The quantitative estimate of drug-likeness (QED) is 0.0461. The van der Waals surface area contributed by atoms with Crippen molar-refractivity contribution in [2.45, 2.75) is 141 Å². The number of unbranched alkanes of at least 4 members (excludes halogenated alkanes) is 6. The number of fused-ring (bicyclic) bond motifs is 3. The number of anilines is 3. The second-order valence-electron chi connectivity index (χ2n) is 17.8.